The summed E-state index contributed by atoms with van der Waals surface area (Å²) in [6.07, 6.45) is 0.0914. The number of aryl methyl sites for hydroxylation is 1. The highest BCUT2D eigenvalue weighted by atomic mass is 16.5. The number of ether oxygens (including phenoxy) is 2. The first-order valence-electron chi connectivity index (χ1n) is 9.15. The van der Waals surface area contributed by atoms with Crippen LogP contribution >= 0.6 is 0 Å². The summed E-state index contributed by atoms with van der Waals surface area (Å²) in [6.45, 7) is 1.93. The van der Waals surface area contributed by atoms with E-state index in [1.165, 1.54) is 0 Å². The molecular weight excluding hydrogens is 352 g/mol. The molecular formula is C24H22O4. The number of rotatable bonds is 8. The highest BCUT2D eigenvalue weighted by Gasteiger charge is 2.10. The van der Waals surface area contributed by atoms with E-state index in [1.54, 1.807) is 12.1 Å². The van der Waals surface area contributed by atoms with Crippen LogP contribution in [0.1, 0.15) is 22.3 Å². The molecule has 0 amide bonds. The van der Waals surface area contributed by atoms with Crippen molar-refractivity contribution < 1.29 is 19.1 Å². The molecule has 4 nitrogen and oxygen atoms in total. The van der Waals surface area contributed by atoms with Crippen LogP contribution in [0.25, 0.3) is 11.1 Å². The molecule has 0 saturated carbocycles. The van der Waals surface area contributed by atoms with E-state index in [0.717, 1.165) is 16.7 Å². The first-order valence-corrected chi connectivity index (χ1v) is 9.15. The smallest absolute Gasteiger partial charge is 0.309 e. The number of esters is 1. The van der Waals surface area contributed by atoms with Crippen molar-refractivity contribution in [1.82, 2.24) is 0 Å². The second-order valence-electron chi connectivity index (χ2n) is 6.44. The van der Waals surface area contributed by atoms with Crippen LogP contribution in [0.3, 0.4) is 0 Å². The van der Waals surface area contributed by atoms with Crippen LogP contribution in [0.15, 0.2) is 78.9 Å². The third kappa shape index (κ3) is 5.55. The van der Waals surface area contributed by atoms with Gasteiger partial charge in [0, 0.05) is 5.56 Å². The van der Waals surface area contributed by atoms with Gasteiger partial charge in [-0.2, -0.15) is 0 Å². The van der Waals surface area contributed by atoms with Gasteiger partial charge in [-0.15, -0.1) is 0 Å². The van der Waals surface area contributed by atoms with Gasteiger partial charge >= 0.3 is 5.97 Å². The maximum absolute atomic E-state index is 12.2. The van der Waals surface area contributed by atoms with Crippen LogP contribution in [0.2, 0.25) is 0 Å². The molecule has 0 heterocycles. The van der Waals surface area contributed by atoms with Crippen molar-refractivity contribution in [1.29, 1.82) is 0 Å². The monoisotopic (exact) mass is 374 g/mol. The molecule has 0 atom stereocenters. The Morgan fingerprint density at radius 2 is 1.43 bits per heavy atom. The summed E-state index contributed by atoms with van der Waals surface area (Å²) in [4.78, 5) is 24.0. The van der Waals surface area contributed by atoms with E-state index in [-0.39, 0.29) is 25.4 Å². The number of hydrogen-bond donors (Lipinski definition) is 0. The van der Waals surface area contributed by atoms with Gasteiger partial charge in [0.2, 0.25) is 0 Å². The van der Waals surface area contributed by atoms with E-state index in [9.17, 15) is 9.59 Å². The van der Waals surface area contributed by atoms with Crippen molar-refractivity contribution in [3.63, 3.8) is 0 Å². The summed E-state index contributed by atoms with van der Waals surface area (Å²) in [5.74, 6) is 0.0155. The van der Waals surface area contributed by atoms with Gasteiger partial charge < -0.3 is 9.47 Å². The molecule has 0 aliphatic carbocycles. The van der Waals surface area contributed by atoms with Crippen molar-refractivity contribution in [2.45, 2.75) is 13.3 Å². The van der Waals surface area contributed by atoms with Crippen LogP contribution in [0.4, 0.5) is 0 Å². The third-order valence-corrected chi connectivity index (χ3v) is 4.27. The fraction of sp³-hybridized carbons (Fsp3) is 0.167. The summed E-state index contributed by atoms with van der Waals surface area (Å²) < 4.78 is 10.6. The number of ketones is 1. The zero-order valence-corrected chi connectivity index (χ0v) is 15.8. The van der Waals surface area contributed by atoms with E-state index in [4.69, 9.17) is 9.47 Å². The lowest BCUT2D eigenvalue weighted by Gasteiger charge is -2.07. The lowest BCUT2D eigenvalue weighted by molar-refractivity contribution is -0.143. The molecule has 142 valence electrons. The number of hydrogen-bond acceptors (Lipinski definition) is 4. The number of benzene rings is 3. The predicted molar refractivity (Wildman–Crippen MR) is 108 cm³/mol. The Labute approximate surface area is 164 Å². The Hall–Kier alpha value is -3.40. The Morgan fingerprint density at radius 1 is 0.786 bits per heavy atom. The minimum absolute atomic E-state index is 0.0914. The molecule has 0 N–H and O–H groups in total. The first-order chi connectivity index (χ1) is 13.6. The average molecular weight is 374 g/mol. The predicted octanol–water partition coefficient (Wildman–Crippen LogP) is 4.86. The summed E-state index contributed by atoms with van der Waals surface area (Å²) in [5.41, 5.74) is 3.77. The van der Waals surface area contributed by atoms with E-state index < -0.39 is 5.97 Å². The number of Topliss-reactive ketones (excluding diaryl/α,β-unsaturated/α-hetero) is 1. The molecule has 3 aromatic carbocycles. The molecule has 0 fully saturated rings. The van der Waals surface area contributed by atoms with Gasteiger partial charge in [0.05, 0.1) is 13.0 Å². The highest BCUT2D eigenvalue weighted by Crippen LogP contribution is 2.19. The molecule has 0 saturated heterocycles. The van der Waals surface area contributed by atoms with Gasteiger partial charge in [-0.1, -0.05) is 72.3 Å². The first kappa shape index (κ1) is 19.4. The Kier molecular flexibility index (Phi) is 6.58. The molecule has 4 heteroatoms. The topological polar surface area (TPSA) is 52.6 Å². The van der Waals surface area contributed by atoms with Crippen LogP contribution in [0.5, 0.6) is 5.75 Å². The lowest BCUT2D eigenvalue weighted by Crippen LogP contribution is -2.16. The molecule has 28 heavy (non-hydrogen) atoms. The Morgan fingerprint density at radius 3 is 2.11 bits per heavy atom. The maximum atomic E-state index is 12.2. The molecule has 0 spiro atoms. The molecule has 3 rings (SSSR count). The quantitative estimate of drug-likeness (QED) is 0.417. The summed E-state index contributed by atoms with van der Waals surface area (Å²) in [5, 5.41) is 0. The van der Waals surface area contributed by atoms with E-state index in [1.807, 2.05) is 73.7 Å². The van der Waals surface area contributed by atoms with Crippen LogP contribution < -0.4 is 4.74 Å². The zero-order chi connectivity index (χ0) is 19.8. The zero-order valence-electron chi connectivity index (χ0n) is 15.8. The third-order valence-electron chi connectivity index (χ3n) is 4.27. The van der Waals surface area contributed by atoms with Gasteiger partial charge in [0.25, 0.3) is 0 Å². The molecule has 0 unspecified atom stereocenters. The van der Waals surface area contributed by atoms with Crippen molar-refractivity contribution >= 4 is 11.8 Å². The lowest BCUT2D eigenvalue weighted by atomic mass is 10.0. The Bertz CT molecular complexity index is 913. The van der Waals surface area contributed by atoms with Crippen LogP contribution in [-0.2, 0) is 9.53 Å². The number of carbonyl (C=O) groups excluding carboxylic acids is 2. The van der Waals surface area contributed by atoms with Gasteiger partial charge in [-0.3, -0.25) is 9.59 Å². The molecule has 0 bridgehead atoms. The van der Waals surface area contributed by atoms with Gasteiger partial charge in [0.15, 0.2) is 12.4 Å². The van der Waals surface area contributed by atoms with E-state index >= 15 is 0 Å². The largest absolute Gasteiger partial charge is 0.493 e. The molecule has 3 aromatic rings. The molecule has 0 aliphatic heterocycles. The SMILES string of the molecule is Cc1ccc(OCCC(=O)OCC(=O)c2ccc(-c3ccccc3)cc2)cc1. The minimum atomic E-state index is -0.457. The summed E-state index contributed by atoms with van der Waals surface area (Å²) in [6, 6.07) is 24.8. The van der Waals surface area contributed by atoms with Crippen molar-refractivity contribution in [3.05, 3.63) is 90.0 Å². The average Bonchev–Trinajstić information content (AvgIpc) is 2.74. The normalized spacial score (nSPS) is 10.3. The van der Waals surface area contributed by atoms with Gasteiger partial charge in [-0.05, 0) is 30.2 Å². The van der Waals surface area contributed by atoms with Crippen molar-refractivity contribution in [2.24, 2.45) is 0 Å². The molecule has 0 aromatic heterocycles. The second-order valence-corrected chi connectivity index (χ2v) is 6.44. The fourth-order valence-corrected chi connectivity index (χ4v) is 2.67. The second kappa shape index (κ2) is 9.51. The highest BCUT2D eigenvalue weighted by molar-refractivity contribution is 5.98. The minimum Gasteiger partial charge on any atom is -0.493 e. The van der Waals surface area contributed by atoms with E-state index in [0.29, 0.717) is 11.3 Å². The van der Waals surface area contributed by atoms with E-state index in [2.05, 4.69) is 0 Å². The fourth-order valence-electron chi connectivity index (χ4n) is 2.67. The summed E-state index contributed by atoms with van der Waals surface area (Å²) in [7, 11) is 0. The van der Waals surface area contributed by atoms with Crippen LogP contribution in [0, 0.1) is 6.92 Å². The molecule has 0 aliphatic rings. The maximum Gasteiger partial charge on any atom is 0.309 e. The van der Waals surface area contributed by atoms with Crippen LogP contribution in [-0.4, -0.2) is 25.0 Å². The summed E-state index contributed by atoms with van der Waals surface area (Å²) >= 11 is 0. The standard InChI is InChI=1S/C24H22O4/c1-18-7-13-22(14-8-18)27-16-15-24(26)28-17-23(25)21-11-9-20(10-12-21)19-5-3-2-4-6-19/h2-14H,15-17H2,1H3. The molecule has 0 radical (unpaired) electrons. The van der Waals surface area contributed by atoms with Crippen molar-refractivity contribution in [2.75, 3.05) is 13.2 Å². The van der Waals surface area contributed by atoms with Gasteiger partial charge in [0.1, 0.15) is 5.75 Å². The number of carbonyl (C=O) groups is 2. The Balaban J connectivity index is 1.43. The van der Waals surface area contributed by atoms with Crippen molar-refractivity contribution in [3.8, 4) is 16.9 Å². The van der Waals surface area contributed by atoms with Gasteiger partial charge in [-0.25, -0.2) is 0 Å².